The van der Waals surface area contributed by atoms with Gasteiger partial charge in [0.05, 0.1) is 11.9 Å². The molecule has 0 aliphatic heterocycles. The van der Waals surface area contributed by atoms with Crippen molar-refractivity contribution in [2.24, 2.45) is 0 Å². The molecule has 2 aromatic rings. The van der Waals surface area contributed by atoms with Gasteiger partial charge in [-0.1, -0.05) is 35.9 Å². The highest BCUT2D eigenvalue weighted by atomic mass is 35.5. The summed E-state index contributed by atoms with van der Waals surface area (Å²) >= 11 is 6.13. The van der Waals surface area contributed by atoms with Crippen molar-refractivity contribution < 1.29 is 13.2 Å². The van der Waals surface area contributed by atoms with Crippen LogP contribution in [0.5, 0.6) is 0 Å². The van der Waals surface area contributed by atoms with Crippen LogP contribution in [0.1, 0.15) is 29.5 Å². The van der Waals surface area contributed by atoms with Crippen LogP contribution in [0.25, 0.3) is 0 Å². The van der Waals surface area contributed by atoms with Crippen molar-refractivity contribution >= 4 is 38.9 Å². The van der Waals surface area contributed by atoms with E-state index < -0.39 is 10.0 Å². The lowest BCUT2D eigenvalue weighted by Crippen LogP contribution is -2.32. The summed E-state index contributed by atoms with van der Waals surface area (Å²) in [6.45, 7) is 5.87. The third-order valence-electron chi connectivity index (χ3n) is 4.42. The van der Waals surface area contributed by atoms with Crippen molar-refractivity contribution in [2.75, 3.05) is 22.4 Å². The van der Waals surface area contributed by atoms with Gasteiger partial charge in [0.2, 0.25) is 15.9 Å². The van der Waals surface area contributed by atoms with Crippen molar-refractivity contribution in [1.29, 1.82) is 0 Å². The molecular formula is C20H25ClN2O3S. The van der Waals surface area contributed by atoms with Crippen LogP contribution in [-0.4, -0.2) is 27.1 Å². The van der Waals surface area contributed by atoms with E-state index in [1.165, 1.54) is 4.31 Å². The first-order valence-corrected chi connectivity index (χ1v) is 10.9. The number of carbonyl (C=O) groups is 1. The van der Waals surface area contributed by atoms with Crippen LogP contribution < -0.4 is 9.62 Å². The molecule has 2 rings (SSSR count). The maximum Gasteiger partial charge on any atom is 0.232 e. The van der Waals surface area contributed by atoms with Crippen molar-refractivity contribution in [3.8, 4) is 0 Å². The molecule has 7 heteroatoms. The Morgan fingerprint density at radius 1 is 1.07 bits per heavy atom. The summed E-state index contributed by atoms with van der Waals surface area (Å²) in [6, 6.07) is 11.0. The van der Waals surface area contributed by atoms with E-state index in [0.29, 0.717) is 22.7 Å². The van der Waals surface area contributed by atoms with E-state index >= 15 is 0 Å². The summed E-state index contributed by atoms with van der Waals surface area (Å²) in [5.74, 6) is -0.135. The second-order valence-electron chi connectivity index (χ2n) is 6.64. The van der Waals surface area contributed by atoms with E-state index in [0.717, 1.165) is 23.1 Å². The molecule has 0 unspecified atom stereocenters. The van der Waals surface area contributed by atoms with Crippen LogP contribution in [0, 0.1) is 20.8 Å². The number of hydrogen-bond donors (Lipinski definition) is 1. The lowest BCUT2D eigenvalue weighted by molar-refractivity contribution is -0.116. The molecule has 2 aromatic carbocycles. The second-order valence-corrected chi connectivity index (χ2v) is 8.95. The molecule has 1 N–H and O–H groups in total. The molecule has 0 atom stereocenters. The fourth-order valence-electron chi connectivity index (χ4n) is 2.93. The van der Waals surface area contributed by atoms with E-state index in [-0.39, 0.29) is 18.9 Å². The zero-order valence-corrected chi connectivity index (χ0v) is 17.6. The summed E-state index contributed by atoms with van der Waals surface area (Å²) in [5, 5.41) is 3.43. The first-order chi connectivity index (χ1) is 12.6. The predicted molar refractivity (Wildman–Crippen MR) is 112 cm³/mol. The first-order valence-electron chi connectivity index (χ1n) is 8.70. The number of rotatable bonds is 7. The van der Waals surface area contributed by atoms with Crippen LogP contribution in [-0.2, 0) is 14.8 Å². The SMILES string of the molecule is Cc1cccc(C)c1NC(=O)CCCN(c1cccc(Cl)c1C)S(C)(=O)=O. The van der Waals surface area contributed by atoms with Crippen LogP contribution in [0.15, 0.2) is 36.4 Å². The van der Waals surface area contributed by atoms with E-state index in [1.54, 1.807) is 25.1 Å². The molecule has 0 radical (unpaired) electrons. The number of anilines is 2. The van der Waals surface area contributed by atoms with Crippen LogP contribution >= 0.6 is 11.6 Å². The van der Waals surface area contributed by atoms with E-state index in [1.807, 2.05) is 32.0 Å². The number of sulfonamides is 1. The standard InChI is InChI=1S/C20H25ClN2O3S/c1-14-8-5-9-15(2)20(14)22-19(24)12-7-13-23(27(4,25)26)18-11-6-10-17(21)16(18)3/h5-6,8-11H,7,12-13H2,1-4H3,(H,22,24). The molecule has 0 fully saturated rings. The van der Waals surface area contributed by atoms with Crippen molar-refractivity contribution in [3.63, 3.8) is 0 Å². The summed E-state index contributed by atoms with van der Waals surface area (Å²) in [6.07, 6.45) is 1.78. The second kappa shape index (κ2) is 8.76. The molecule has 1 amide bonds. The Morgan fingerprint density at radius 3 is 2.26 bits per heavy atom. The Kier molecular flexibility index (Phi) is 6.89. The number of nitrogens with one attached hydrogen (secondary N) is 1. The Bertz CT molecular complexity index is 922. The number of hydrogen-bond acceptors (Lipinski definition) is 3. The van der Waals surface area contributed by atoms with Crippen molar-refractivity contribution in [3.05, 3.63) is 58.1 Å². The third-order valence-corrected chi connectivity index (χ3v) is 6.01. The zero-order chi connectivity index (χ0) is 20.2. The molecule has 0 bridgehead atoms. The highest BCUT2D eigenvalue weighted by Gasteiger charge is 2.20. The van der Waals surface area contributed by atoms with Crippen LogP contribution in [0.3, 0.4) is 0 Å². The highest BCUT2D eigenvalue weighted by molar-refractivity contribution is 7.92. The summed E-state index contributed by atoms with van der Waals surface area (Å²) < 4.78 is 25.8. The van der Waals surface area contributed by atoms with Gasteiger partial charge in [0.15, 0.2) is 0 Å². The predicted octanol–water partition coefficient (Wildman–Crippen LogP) is 4.45. The van der Waals surface area contributed by atoms with Crippen LogP contribution in [0.2, 0.25) is 5.02 Å². The summed E-state index contributed by atoms with van der Waals surface area (Å²) in [7, 11) is -3.48. The smallest absolute Gasteiger partial charge is 0.232 e. The molecule has 27 heavy (non-hydrogen) atoms. The minimum atomic E-state index is -3.48. The molecule has 0 saturated heterocycles. The van der Waals surface area contributed by atoms with E-state index in [9.17, 15) is 13.2 Å². The van der Waals surface area contributed by atoms with Gasteiger partial charge < -0.3 is 5.32 Å². The molecular weight excluding hydrogens is 384 g/mol. The maximum atomic E-state index is 12.3. The highest BCUT2D eigenvalue weighted by Crippen LogP contribution is 2.28. The summed E-state index contributed by atoms with van der Waals surface area (Å²) in [5.41, 5.74) is 4.05. The minimum Gasteiger partial charge on any atom is -0.326 e. The molecule has 0 aromatic heterocycles. The Labute approximate surface area is 166 Å². The number of benzene rings is 2. The molecule has 0 aliphatic carbocycles. The lowest BCUT2D eigenvalue weighted by Gasteiger charge is -2.24. The van der Waals surface area contributed by atoms with Gasteiger partial charge >= 0.3 is 0 Å². The van der Waals surface area contributed by atoms with Gasteiger partial charge in [0, 0.05) is 23.7 Å². The molecule has 5 nitrogen and oxygen atoms in total. The van der Waals surface area contributed by atoms with Crippen molar-refractivity contribution in [2.45, 2.75) is 33.6 Å². The Morgan fingerprint density at radius 2 is 1.67 bits per heavy atom. The Hall–Kier alpha value is -2.05. The van der Waals surface area contributed by atoms with Gasteiger partial charge in [-0.3, -0.25) is 9.10 Å². The number of amides is 1. The average Bonchev–Trinajstić information content (AvgIpc) is 2.57. The van der Waals surface area contributed by atoms with E-state index in [4.69, 9.17) is 11.6 Å². The van der Waals surface area contributed by atoms with Gasteiger partial charge in [0.1, 0.15) is 0 Å². The minimum absolute atomic E-state index is 0.135. The number of nitrogens with zero attached hydrogens (tertiary/aromatic N) is 1. The molecule has 0 aliphatic rings. The molecule has 146 valence electrons. The number of carbonyl (C=O) groups excluding carboxylic acids is 1. The fourth-order valence-corrected chi connectivity index (χ4v) is 4.11. The van der Waals surface area contributed by atoms with Gasteiger partial charge in [-0.15, -0.1) is 0 Å². The quantitative estimate of drug-likeness (QED) is 0.735. The first kappa shape index (κ1) is 21.3. The lowest BCUT2D eigenvalue weighted by atomic mass is 10.1. The molecule has 0 saturated carbocycles. The van der Waals surface area contributed by atoms with Gasteiger partial charge in [-0.25, -0.2) is 8.42 Å². The van der Waals surface area contributed by atoms with E-state index in [2.05, 4.69) is 5.32 Å². The van der Waals surface area contributed by atoms with Gasteiger partial charge in [-0.2, -0.15) is 0 Å². The summed E-state index contributed by atoms with van der Waals surface area (Å²) in [4.78, 5) is 12.3. The average molecular weight is 409 g/mol. The van der Waals surface area contributed by atoms with Gasteiger partial charge in [-0.05, 0) is 56.0 Å². The number of halogens is 1. The Balaban J connectivity index is 2.06. The topological polar surface area (TPSA) is 66.5 Å². The zero-order valence-electron chi connectivity index (χ0n) is 16.0. The van der Waals surface area contributed by atoms with Crippen molar-refractivity contribution in [1.82, 2.24) is 0 Å². The fraction of sp³-hybridized carbons (Fsp3) is 0.350. The molecule has 0 spiro atoms. The van der Waals surface area contributed by atoms with Gasteiger partial charge in [0.25, 0.3) is 0 Å². The monoisotopic (exact) mass is 408 g/mol. The number of aryl methyl sites for hydroxylation is 2. The number of para-hydroxylation sites is 1. The maximum absolute atomic E-state index is 12.3. The van der Waals surface area contributed by atoms with Crippen LogP contribution in [0.4, 0.5) is 11.4 Å². The third kappa shape index (κ3) is 5.47. The largest absolute Gasteiger partial charge is 0.326 e. The normalized spacial score (nSPS) is 11.3. The molecule has 0 heterocycles.